The lowest BCUT2D eigenvalue weighted by molar-refractivity contribution is -0.131. The number of carbonyl (C=O) groups excluding carboxylic acids is 2. The van der Waals surface area contributed by atoms with E-state index in [1.807, 2.05) is 47.4 Å². The molecule has 3 rings (SSSR count). The minimum absolute atomic E-state index is 0.0721. The largest absolute Gasteiger partial charge is 0.342 e. The van der Waals surface area contributed by atoms with Gasteiger partial charge in [-0.15, -0.1) is 0 Å². The van der Waals surface area contributed by atoms with Crippen LogP contribution in [0, 0.1) is 5.92 Å². The van der Waals surface area contributed by atoms with E-state index in [4.69, 9.17) is 11.6 Å². The van der Waals surface area contributed by atoms with E-state index in [2.05, 4.69) is 0 Å². The number of hydrogen-bond donors (Lipinski definition) is 0. The Morgan fingerprint density at radius 2 is 1.75 bits per heavy atom. The average molecular weight is 342 g/mol. The summed E-state index contributed by atoms with van der Waals surface area (Å²) in [5, 5.41) is 0.665. The van der Waals surface area contributed by atoms with Crippen LogP contribution < -0.4 is 0 Å². The Balaban J connectivity index is 1.63. The van der Waals surface area contributed by atoms with Gasteiger partial charge >= 0.3 is 0 Å². The molecule has 1 unspecified atom stereocenters. The summed E-state index contributed by atoms with van der Waals surface area (Å²) in [6.07, 6.45) is 2.07. The van der Waals surface area contributed by atoms with Crippen LogP contribution in [-0.2, 0) is 11.2 Å². The SMILES string of the molecule is O=C(c1ccccc1)C1CCCN(C(=O)Cc2ccc(Cl)cc2)C1. The van der Waals surface area contributed by atoms with Crippen molar-refractivity contribution >= 4 is 23.3 Å². The number of likely N-dealkylation sites (tertiary alicyclic amines) is 1. The Morgan fingerprint density at radius 1 is 1.04 bits per heavy atom. The average Bonchev–Trinajstić information content (AvgIpc) is 2.64. The Kier molecular flexibility index (Phi) is 5.31. The first-order valence-electron chi connectivity index (χ1n) is 8.25. The van der Waals surface area contributed by atoms with Gasteiger partial charge in [-0.25, -0.2) is 0 Å². The van der Waals surface area contributed by atoms with Crippen LogP contribution in [0.1, 0.15) is 28.8 Å². The number of amides is 1. The standard InChI is InChI=1S/C20H20ClNO2/c21-18-10-8-15(9-11-18)13-19(23)22-12-4-7-17(14-22)20(24)16-5-2-1-3-6-16/h1-3,5-6,8-11,17H,4,7,12-14H2. The van der Waals surface area contributed by atoms with E-state index < -0.39 is 0 Å². The molecule has 0 bridgehead atoms. The normalized spacial score (nSPS) is 17.5. The maximum absolute atomic E-state index is 12.6. The molecule has 2 aromatic rings. The summed E-state index contributed by atoms with van der Waals surface area (Å²) >= 11 is 5.88. The second kappa shape index (κ2) is 7.63. The van der Waals surface area contributed by atoms with Crippen molar-refractivity contribution in [3.8, 4) is 0 Å². The summed E-state index contributed by atoms with van der Waals surface area (Å²) in [6, 6.07) is 16.7. The molecule has 0 aliphatic carbocycles. The number of benzene rings is 2. The van der Waals surface area contributed by atoms with Gasteiger partial charge in [-0.1, -0.05) is 54.1 Å². The molecule has 0 saturated carbocycles. The van der Waals surface area contributed by atoms with E-state index in [1.165, 1.54) is 0 Å². The third-order valence-corrected chi connectivity index (χ3v) is 4.72. The first-order valence-corrected chi connectivity index (χ1v) is 8.63. The zero-order chi connectivity index (χ0) is 16.9. The lowest BCUT2D eigenvalue weighted by Gasteiger charge is -2.32. The molecular formula is C20H20ClNO2. The van der Waals surface area contributed by atoms with Gasteiger partial charge in [0.2, 0.25) is 5.91 Å². The summed E-state index contributed by atoms with van der Waals surface area (Å²) in [5.74, 6) is 0.109. The van der Waals surface area contributed by atoms with Gasteiger partial charge in [0.25, 0.3) is 0 Å². The molecule has 1 heterocycles. The second-order valence-electron chi connectivity index (χ2n) is 6.21. The molecule has 3 nitrogen and oxygen atoms in total. The Bertz CT molecular complexity index is 712. The molecule has 24 heavy (non-hydrogen) atoms. The van der Waals surface area contributed by atoms with E-state index in [0.29, 0.717) is 18.0 Å². The fourth-order valence-electron chi connectivity index (χ4n) is 3.14. The summed E-state index contributed by atoms with van der Waals surface area (Å²) < 4.78 is 0. The molecular weight excluding hydrogens is 322 g/mol. The van der Waals surface area contributed by atoms with E-state index in [1.54, 1.807) is 12.1 Å². The number of ketones is 1. The van der Waals surface area contributed by atoms with Crippen molar-refractivity contribution in [1.29, 1.82) is 0 Å². The summed E-state index contributed by atoms with van der Waals surface area (Å²) in [7, 11) is 0. The van der Waals surface area contributed by atoms with Crippen LogP contribution in [-0.4, -0.2) is 29.7 Å². The molecule has 0 spiro atoms. The predicted molar refractivity (Wildman–Crippen MR) is 95.2 cm³/mol. The van der Waals surface area contributed by atoms with Crippen molar-refractivity contribution in [2.75, 3.05) is 13.1 Å². The molecule has 1 atom stereocenters. The lowest BCUT2D eigenvalue weighted by atomic mass is 9.90. The van der Waals surface area contributed by atoms with Crippen molar-refractivity contribution in [3.05, 3.63) is 70.7 Å². The number of piperidine rings is 1. The minimum Gasteiger partial charge on any atom is -0.342 e. The van der Waals surface area contributed by atoms with E-state index in [9.17, 15) is 9.59 Å². The van der Waals surface area contributed by atoms with Crippen molar-refractivity contribution in [1.82, 2.24) is 4.90 Å². The molecule has 2 aromatic carbocycles. The molecule has 1 saturated heterocycles. The van der Waals surface area contributed by atoms with Gasteiger partial charge in [0.1, 0.15) is 0 Å². The highest BCUT2D eigenvalue weighted by Gasteiger charge is 2.28. The first-order chi connectivity index (χ1) is 11.6. The van der Waals surface area contributed by atoms with Gasteiger partial charge in [-0.05, 0) is 30.5 Å². The van der Waals surface area contributed by atoms with Crippen LogP contribution in [0.15, 0.2) is 54.6 Å². The molecule has 1 aliphatic rings. The number of rotatable bonds is 4. The maximum Gasteiger partial charge on any atom is 0.227 e. The van der Waals surface area contributed by atoms with Crippen LogP contribution in [0.5, 0.6) is 0 Å². The highest BCUT2D eigenvalue weighted by molar-refractivity contribution is 6.30. The van der Waals surface area contributed by atoms with Crippen LogP contribution in [0.25, 0.3) is 0 Å². The quantitative estimate of drug-likeness (QED) is 0.788. The minimum atomic E-state index is -0.102. The highest BCUT2D eigenvalue weighted by Crippen LogP contribution is 2.22. The molecule has 1 amide bonds. The zero-order valence-electron chi connectivity index (χ0n) is 13.5. The van der Waals surface area contributed by atoms with E-state index >= 15 is 0 Å². The van der Waals surface area contributed by atoms with Crippen LogP contribution in [0.4, 0.5) is 0 Å². The maximum atomic E-state index is 12.6. The number of hydrogen-bond acceptors (Lipinski definition) is 2. The fraction of sp³-hybridized carbons (Fsp3) is 0.300. The zero-order valence-corrected chi connectivity index (χ0v) is 14.2. The summed E-state index contributed by atoms with van der Waals surface area (Å²) in [4.78, 5) is 27.0. The van der Waals surface area contributed by atoms with Crippen LogP contribution in [0.3, 0.4) is 0 Å². The number of Topliss-reactive ketones (excluding diaryl/α,β-unsaturated/α-hetero) is 1. The van der Waals surface area contributed by atoms with Crippen molar-refractivity contribution in [3.63, 3.8) is 0 Å². The number of nitrogens with zero attached hydrogens (tertiary/aromatic N) is 1. The second-order valence-corrected chi connectivity index (χ2v) is 6.65. The number of halogens is 1. The van der Waals surface area contributed by atoms with Gasteiger partial charge in [0.15, 0.2) is 5.78 Å². The first kappa shape index (κ1) is 16.7. The molecule has 0 radical (unpaired) electrons. The Hall–Kier alpha value is -2.13. The lowest BCUT2D eigenvalue weighted by Crippen LogP contribution is -2.43. The Labute approximate surface area is 147 Å². The van der Waals surface area contributed by atoms with Gasteiger partial charge in [0.05, 0.1) is 6.42 Å². The Morgan fingerprint density at radius 3 is 2.46 bits per heavy atom. The number of carbonyl (C=O) groups is 2. The molecule has 124 valence electrons. The molecule has 0 aromatic heterocycles. The molecule has 4 heteroatoms. The molecule has 1 aliphatic heterocycles. The smallest absolute Gasteiger partial charge is 0.227 e. The third kappa shape index (κ3) is 4.04. The van der Waals surface area contributed by atoms with Crippen molar-refractivity contribution < 1.29 is 9.59 Å². The molecule has 1 fully saturated rings. The monoisotopic (exact) mass is 341 g/mol. The van der Waals surface area contributed by atoms with Gasteiger partial charge in [-0.2, -0.15) is 0 Å². The summed E-state index contributed by atoms with van der Waals surface area (Å²) in [5.41, 5.74) is 1.68. The van der Waals surface area contributed by atoms with Crippen molar-refractivity contribution in [2.45, 2.75) is 19.3 Å². The van der Waals surface area contributed by atoms with Crippen LogP contribution in [0.2, 0.25) is 5.02 Å². The molecule has 0 N–H and O–H groups in total. The predicted octanol–water partition coefficient (Wildman–Crippen LogP) is 4.00. The third-order valence-electron chi connectivity index (χ3n) is 4.47. The topological polar surface area (TPSA) is 37.4 Å². The van der Waals surface area contributed by atoms with E-state index in [-0.39, 0.29) is 17.6 Å². The van der Waals surface area contributed by atoms with Gasteiger partial charge < -0.3 is 4.90 Å². The van der Waals surface area contributed by atoms with Gasteiger partial charge in [0, 0.05) is 29.6 Å². The van der Waals surface area contributed by atoms with Gasteiger partial charge in [-0.3, -0.25) is 9.59 Å². The van der Waals surface area contributed by atoms with Crippen LogP contribution >= 0.6 is 11.6 Å². The fourth-order valence-corrected chi connectivity index (χ4v) is 3.27. The van der Waals surface area contributed by atoms with E-state index in [0.717, 1.165) is 30.5 Å². The summed E-state index contributed by atoms with van der Waals surface area (Å²) in [6.45, 7) is 1.24. The van der Waals surface area contributed by atoms with Crippen molar-refractivity contribution in [2.24, 2.45) is 5.92 Å². The highest BCUT2D eigenvalue weighted by atomic mass is 35.5.